The molecular weight excluding hydrogens is 388 g/mol. The van der Waals surface area contributed by atoms with Crippen molar-refractivity contribution in [3.05, 3.63) is 71.6 Å². The number of benzene rings is 2. The molecule has 0 aliphatic heterocycles. The summed E-state index contributed by atoms with van der Waals surface area (Å²) in [5, 5.41) is 4.11. The zero-order chi connectivity index (χ0) is 21.9. The predicted molar refractivity (Wildman–Crippen MR) is 122 cm³/mol. The van der Waals surface area contributed by atoms with Crippen LogP contribution in [-0.2, 0) is 17.6 Å². The van der Waals surface area contributed by atoms with Crippen LogP contribution >= 0.6 is 0 Å². The second kappa shape index (κ2) is 12.0. The summed E-state index contributed by atoms with van der Waals surface area (Å²) in [6, 6.07) is 18.3. The number of amides is 1. The first kappa shape index (κ1) is 22.7. The van der Waals surface area contributed by atoms with E-state index in [9.17, 15) is 4.79 Å². The number of hydrogen-bond donors (Lipinski definition) is 1. The molecule has 3 rings (SSSR count). The van der Waals surface area contributed by atoms with E-state index in [0.717, 1.165) is 36.8 Å². The average molecular weight is 421 g/mol. The largest absolute Gasteiger partial charge is 0.342 e. The number of unbranched alkanes of at least 4 members (excludes halogenated alkanes) is 2. The van der Waals surface area contributed by atoms with Gasteiger partial charge in [-0.2, -0.15) is 4.98 Å². The first-order chi connectivity index (χ1) is 15.2. The van der Waals surface area contributed by atoms with E-state index in [1.165, 1.54) is 5.56 Å². The fourth-order valence-corrected chi connectivity index (χ4v) is 3.51. The fraction of sp³-hybridized carbons (Fsp3) is 0.400. The molecule has 6 heteroatoms. The van der Waals surface area contributed by atoms with Crippen LogP contribution in [-0.4, -0.2) is 40.6 Å². The third-order valence-corrected chi connectivity index (χ3v) is 5.30. The molecule has 0 saturated heterocycles. The highest BCUT2D eigenvalue weighted by atomic mass is 16.5. The van der Waals surface area contributed by atoms with E-state index in [2.05, 4.69) is 22.3 Å². The van der Waals surface area contributed by atoms with Crippen LogP contribution in [0.15, 0.2) is 59.1 Å². The second-order valence-corrected chi connectivity index (χ2v) is 7.85. The molecule has 1 amide bonds. The lowest BCUT2D eigenvalue weighted by molar-refractivity contribution is -0.131. The van der Waals surface area contributed by atoms with Crippen molar-refractivity contribution in [2.75, 3.05) is 19.6 Å². The molecule has 2 N–H and O–H groups in total. The Balaban J connectivity index is 1.60. The van der Waals surface area contributed by atoms with E-state index in [-0.39, 0.29) is 5.91 Å². The molecule has 0 radical (unpaired) electrons. The molecule has 0 atom stereocenters. The van der Waals surface area contributed by atoms with Crippen molar-refractivity contribution in [3.63, 3.8) is 0 Å². The molecule has 1 aromatic heterocycles. The number of aryl methyl sites for hydroxylation is 1. The van der Waals surface area contributed by atoms with E-state index < -0.39 is 0 Å². The first-order valence-electron chi connectivity index (χ1n) is 11.1. The molecule has 0 fully saturated rings. The summed E-state index contributed by atoms with van der Waals surface area (Å²) >= 11 is 0. The predicted octanol–water partition coefficient (Wildman–Crippen LogP) is 4.18. The average Bonchev–Trinajstić information content (AvgIpc) is 3.26. The van der Waals surface area contributed by atoms with Gasteiger partial charge in [-0.1, -0.05) is 65.7 Å². The Morgan fingerprint density at radius 2 is 1.81 bits per heavy atom. The highest BCUT2D eigenvalue weighted by Gasteiger charge is 2.16. The molecule has 1 heterocycles. The molecule has 0 saturated carbocycles. The van der Waals surface area contributed by atoms with Crippen LogP contribution in [0.4, 0.5) is 0 Å². The van der Waals surface area contributed by atoms with Gasteiger partial charge < -0.3 is 15.2 Å². The molecule has 6 nitrogen and oxygen atoms in total. The van der Waals surface area contributed by atoms with Crippen molar-refractivity contribution in [1.82, 2.24) is 15.0 Å². The van der Waals surface area contributed by atoms with Crippen LogP contribution in [0.25, 0.3) is 11.4 Å². The molecule has 0 aliphatic rings. The molecule has 3 aromatic rings. The maximum absolute atomic E-state index is 12.8. The van der Waals surface area contributed by atoms with Gasteiger partial charge in [0.15, 0.2) is 0 Å². The number of nitrogens with two attached hydrogens (primary N) is 1. The maximum atomic E-state index is 12.8. The molecule has 0 spiro atoms. The zero-order valence-corrected chi connectivity index (χ0v) is 18.3. The zero-order valence-electron chi connectivity index (χ0n) is 18.3. The normalized spacial score (nSPS) is 10.9. The van der Waals surface area contributed by atoms with Crippen molar-refractivity contribution in [3.8, 4) is 11.4 Å². The Morgan fingerprint density at radius 3 is 2.58 bits per heavy atom. The van der Waals surface area contributed by atoms with Gasteiger partial charge in [0.1, 0.15) is 0 Å². The minimum atomic E-state index is 0.173. The number of carbonyl (C=O) groups excluding carboxylic acids is 1. The monoisotopic (exact) mass is 420 g/mol. The van der Waals surface area contributed by atoms with Crippen LogP contribution in [0, 0.1) is 6.92 Å². The van der Waals surface area contributed by atoms with Gasteiger partial charge >= 0.3 is 0 Å². The van der Waals surface area contributed by atoms with Crippen LogP contribution in [0.3, 0.4) is 0 Å². The number of rotatable bonds is 12. The third-order valence-electron chi connectivity index (χ3n) is 5.30. The topological polar surface area (TPSA) is 85.2 Å². The van der Waals surface area contributed by atoms with Crippen LogP contribution in [0.2, 0.25) is 0 Å². The van der Waals surface area contributed by atoms with Gasteiger partial charge in [-0.15, -0.1) is 0 Å². The minimum absolute atomic E-state index is 0.173. The number of aromatic nitrogens is 2. The Hall–Kier alpha value is -2.99. The quantitative estimate of drug-likeness (QED) is 0.444. The second-order valence-electron chi connectivity index (χ2n) is 7.85. The van der Waals surface area contributed by atoms with Crippen LogP contribution in [0.5, 0.6) is 0 Å². The Bertz CT molecular complexity index is 939. The maximum Gasteiger partial charge on any atom is 0.228 e. The van der Waals surface area contributed by atoms with Crippen molar-refractivity contribution in [2.45, 2.75) is 45.4 Å². The molecule has 0 aliphatic carbocycles. The fourth-order valence-electron chi connectivity index (χ4n) is 3.51. The first-order valence-corrected chi connectivity index (χ1v) is 11.1. The smallest absolute Gasteiger partial charge is 0.228 e. The molecular formula is C25H32N4O2. The Kier molecular flexibility index (Phi) is 8.79. The summed E-state index contributed by atoms with van der Waals surface area (Å²) in [7, 11) is 0. The van der Waals surface area contributed by atoms with Gasteiger partial charge in [0.2, 0.25) is 17.6 Å². The Labute approximate surface area is 184 Å². The van der Waals surface area contributed by atoms with Crippen molar-refractivity contribution < 1.29 is 9.32 Å². The van der Waals surface area contributed by atoms with Crippen molar-refractivity contribution >= 4 is 5.91 Å². The van der Waals surface area contributed by atoms with E-state index in [4.69, 9.17) is 10.3 Å². The SMILES string of the molecule is Cc1cccc(-c2noc(CCN(CCc3ccccc3)C(=O)CCCCCN)n2)c1. The summed E-state index contributed by atoms with van der Waals surface area (Å²) in [6.07, 6.45) is 4.73. The third kappa shape index (κ3) is 7.33. The molecule has 31 heavy (non-hydrogen) atoms. The van der Waals surface area contributed by atoms with E-state index >= 15 is 0 Å². The van der Waals surface area contributed by atoms with E-state index in [1.54, 1.807) is 0 Å². The van der Waals surface area contributed by atoms with Gasteiger partial charge in [-0.05, 0) is 44.4 Å². The lowest BCUT2D eigenvalue weighted by Gasteiger charge is -2.22. The van der Waals surface area contributed by atoms with Gasteiger partial charge in [0, 0.05) is 31.5 Å². The summed E-state index contributed by atoms with van der Waals surface area (Å²) in [5.41, 5.74) is 8.87. The minimum Gasteiger partial charge on any atom is -0.342 e. The number of nitrogens with zero attached hydrogens (tertiary/aromatic N) is 3. The number of hydrogen-bond acceptors (Lipinski definition) is 5. The summed E-state index contributed by atoms with van der Waals surface area (Å²) in [4.78, 5) is 19.3. The number of carbonyl (C=O) groups is 1. The van der Waals surface area contributed by atoms with Gasteiger partial charge in [0.25, 0.3) is 0 Å². The highest BCUT2D eigenvalue weighted by molar-refractivity contribution is 5.76. The Morgan fingerprint density at radius 1 is 1.00 bits per heavy atom. The van der Waals surface area contributed by atoms with Crippen molar-refractivity contribution in [2.24, 2.45) is 5.73 Å². The van der Waals surface area contributed by atoms with E-state index in [0.29, 0.717) is 44.2 Å². The summed E-state index contributed by atoms with van der Waals surface area (Å²) in [6.45, 7) is 3.96. The summed E-state index contributed by atoms with van der Waals surface area (Å²) < 4.78 is 5.45. The molecule has 164 valence electrons. The van der Waals surface area contributed by atoms with Gasteiger partial charge in [-0.25, -0.2) is 0 Å². The molecule has 0 bridgehead atoms. The molecule has 0 unspecified atom stereocenters. The standard InChI is InChI=1S/C25H32N4O2/c1-20-9-8-12-22(19-20)25-27-23(31-28-25)15-18-29(24(30)13-6-3-7-16-26)17-14-21-10-4-2-5-11-21/h2,4-5,8-12,19H,3,6-7,13-18,26H2,1H3. The molecule has 2 aromatic carbocycles. The lowest BCUT2D eigenvalue weighted by Crippen LogP contribution is -2.34. The van der Waals surface area contributed by atoms with E-state index in [1.807, 2.05) is 54.3 Å². The van der Waals surface area contributed by atoms with Crippen molar-refractivity contribution in [1.29, 1.82) is 0 Å². The van der Waals surface area contributed by atoms with Gasteiger partial charge in [0.05, 0.1) is 0 Å². The lowest BCUT2D eigenvalue weighted by atomic mass is 10.1. The van der Waals surface area contributed by atoms with Crippen LogP contribution < -0.4 is 5.73 Å². The summed E-state index contributed by atoms with van der Waals surface area (Å²) in [5.74, 6) is 1.31. The van der Waals surface area contributed by atoms with Crippen LogP contribution in [0.1, 0.15) is 42.7 Å². The van der Waals surface area contributed by atoms with Gasteiger partial charge in [-0.3, -0.25) is 4.79 Å². The highest BCUT2D eigenvalue weighted by Crippen LogP contribution is 2.17.